The Kier molecular flexibility index (Phi) is 6.97. The number of carbonyl (C=O) groups excluding carboxylic acids is 1. The van der Waals surface area contributed by atoms with Gasteiger partial charge in [-0.15, -0.1) is 0 Å². The number of halogens is 4. The van der Waals surface area contributed by atoms with E-state index in [1.165, 1.54) is 43.5 Å². The number of carbonyl (C=O) groups is 1. The first kappa shape index (κ1) is 25.5. The standard InChI is InChI=1S/C26H19ClF3NO4S/c1-35-25(32)20-7-5-17-12-19(6-4-18(17)13-20)23-11-10-22(14-24(23)27)36(33,34)31-21-8-2-16(3-9-21)15-26(28,29)30/h2-14,31H,15H2,1H3. The van der Waals surface area contributed by atoms with Gasteiger partial charge in [-0.3, -0.25) is 4.72 Å². The zero-order valence-electron chi connectivity index (χ0n) is 18.8. The Morgan fingerprint density at radius 1 is 0.917 bits per heavy atom. The average molecular weight is 534 g/mol. The highest BCUT2D eigenvalue weighted by Crippen LogP contribution is 2.33. The van der Waals surface area contributed by atoms with Gasteiger partial charge in [-0.05, 0) is 64.4 Å². The number of hydrogen-bond acceptors (Lipinski definition) is 4. The molecule has 1 N–H and O–H groups in total. The number of nitrogens with one attached hydrogen (secondary N) is 1. The highest BCUT2D eigenvalue weighted by Gasteiger charge is 2.27. The van der Waals surface area contributed by atoms with E-state index < -0.39 is 28.6 Å². The third kappa shape index (κ3) is 5.80. The van der Waals surface area contributed by atoms with Crippen LogP contribution in [0.4, 0.5) is 18.9 Å². The molecular weight excluding hydrogens is 515 g/mol. The lowest BCUT2D eigenvalue weighted by Crippen LogP contribution is -2.14. The van der Waals surface area contributed by atoms with Crippen molar-refractivity contribution in [3.63, 3.8) is 0 Å². The summed E-state index contributed by atoms with van der Waals surface area (Å²) < 4.78 is 70.3. The van der Waals surface area contributed by atoms with E-state index in [0.29, 0.717) is 11.1 Å². The minimum absolute atomic E-state index is 0.0229. The van der Waals surface area contributed by atoms with E-state index in [4.69, 9.17) is 16.3 Å². The third-order valence-corrected chi connectivity index (χ3v) is 7.13. The van der Waals surface area contributed by atoms with Crippen LogP contribution in [0.2, 0.25) is 5.02 Å². The molecule has 5 nitrogen and oxygen atoms in total. The smallest absolute Gasteiger partial charge is 0.393 e. The summed E-state index contributed by atoms with van der Waals surface area (Å²) in [5.74, 6) is -0.438. The summed E-state index contributed by atoms with van der Waals surface area (Å²) in [5.41, 5.74) is 1.92. The lowest BCUT2D eigenvalue weighted by molar-refractivity contribution is -0.127. The molecule has 0 spiro atoms. The van der Waals surface area contributed by atoms with Crippen molar-refractivity contribution in [3.05, 3.63) is 95.0 Å². The van der Waals surface area contributed by atoms with E-state index in [1.54, 1.807) is 30.3 Å². The number of ether oxygens (including phenoxy) is 1. The number of benzene rings is 4. The van der Waals surface area contributed by atoms with Crippen molar-refractivity contribution in [1.29, 1.82) is 0 Å². The Bertz CT molecular complexity index is 1550. The van der Waals surface area contributed by atoms with Crippen molar-refractivity contribution >= 4 is 44.1 Å². The van der Waals surface area contributed by atoms with Crippen LogP contribution < -0.4 is 4.72 Å². The largest absolute Gasteiger partial charge is 0.465 e. The van der Waals surface area contributed by atoms with Crippen LogP contribution in [0.25, 0.3) is 21.9 Å². The second-order valence-electron chi connectivity index (χ2n) is 8.00. The van der Waals surface area contributed by atoms with Crippen LogP contribution in [0.15, 0.2) is 83.8 Å². The van der Waals surface area contributed by atoms with Crippen LogP contribution in [0.3, 0.4) is 0 Å². The van der Waals surface area contributed by atoms with Crippen LogP contribution in [0.5, 0.6) is 0 Å². The molecule has 10 heteroatoms. The number of esters is 1. The SMILES string of the molecule is COC(=O)c1ccc2cc(-c3ccc(S(=O)(=O)Nc4ccc(CC(F)(F)F)cc4)cc3Cl)ccc2c1. The first-order chi connectivity index (χ1) is 16.9. The van der Waals surface area contributed by atoms with Crippen molar-refractivity contribution < 1.29 is 31.1 Å². The molecule has 0 amide bonds. The molecule has 0 fully saturated rings. The predicted molar refractivity (Wildman–Crippen MR) is 133 cm³/mol. The van der Waals surface area contributed by atoms with Crippen LogP contribution >= 0.6 is 11.6 Å². The maximum Gasteiger partial charge on any atom is 0.393 e. The fraction of sp³-hybridized carbons (Fsp3) is 0.115. The normalized spacial score (nSPS) is 11.9. The van der Waals surface area contributed by atoms with Crippen molar-refractivity contribution in [3.8, 4) is 11.1 Å². The summed E-state index contributed by atoms with van der Waals surface area (Å²) in [4.78, 5) is 11.7. The van der Waals surface area contributed by atoms with Crippen molar-refractivity contribution in [2.45, 2.75) is 17.5 Å². The van der Waals surface area contributed by atoms with Gasteiger partial charge in [0.05, 0.1) is 24.0 Å². The number of alkyl halides is 3. The zero-order valence-corrected chi connectivity index (χ0v) is 20.3. The fourth-order valence-electron chi connectivity index (χ4n) is 3.69. The first-order valence-electron chi connectivity index (χ1n) is 10.6. The maximum atomic E-state index is 12.8. The lowest BCUT2D eigenvalue weighted by Gasteiger charge is -2.12. The summed E-state index contributed by atoms with van der Waals surface area (Å²) in [6.07, 6.45) is -5.45. The van der Waals surface area contributed by atoms with Gasteiger partial charge in [0.25, 0.3) is 10.0 Å². The fourth-order valence-corrected chi connectivity index (χ4v) is 5.13. The quantitative estimate of drug-likeness (QED) is 0.275. The molecule has 4 aromatic rings. The lowest BCUT2D eigenvalue weighted by atomic mass is 10.00. The Hall–Kier alpha value is -3.56. The van der Waals surface area contributed by atoms with E-state index in [0.717, 1.165) is 16.3 Å². The van der Waals surface area contributed by atoms with E-state index in [2.05, 4.69) is 4.72 Å². The molecule has 0 bridgehead atoms. The van der Waals surface area contributed by atoms with Gasteiger partial charge in [-0.25, -0.2) is 13.2 Å². The molecule has 4 aromatic carbocycles. The number of methoxy groups -OCH3 is 1. The van der Waals surface area contributed by atoms with Gasteiger partial charge < -0.3 is 4.74 Å². The molecule has 0 aromatic heterocycles. The number of rotatable bonds is 6. The molecule has 0 aliphatic rings. The molecule has 4 rings (SSSR count). The van der Waals surface area contributed by atoms with E-state index in [9.17, 15) is 26.4 Å². The van der Waals surface area contributed by atoms with Gasteiger partial charge >= 0.3 is 12.1 Å². The molecule has 0 unspecified atom stereocenters. The number of anilines is 1. The molecule has 0 saturated carbocycles. The molecule has 0 radical (unpaired) electrons. The van der Waals surface area contributed by atoms with Crippen LogP contribution in [0, 0.1) is 0 Å². The minimum atomic E-state index is -4.35. The van der Waals surface area contributed by atoms with Crippen LogP contribution in [-0.4, -0.2) is 27.7 Å². The second-order valence-corrected chi connectivity index (χ2v) is 10.1. The Morgan fingerprint density at radius 3 is 2.22 bits per heavy atom. The van der Waals surface area contributed by atoms with Crippen LogP contribution in [-0.2, 0) is 21.2 Å². The van der Waals surface area contributed by atoms with Crippen molar-refractivity contribution in [2.75, 3.05) is 11.8 Å². The summed E-state index contributed by atoms with van der Waals surface area (Å²) >= 11 is 6.43. The molecule has 0 aliphatic heterocycles. The third-order valence-electron chi connectivity index (χ3n) is 5.43. The van der Waals surface area contributed by atoms with Gasteiger partial charge in [0.2, 0.25) is 0 Å². The topological polar surface area (TPSA) is 72.5 Å². The highest BCUT2D eigenvalue weighted by atomic mass is 35.5. The predicted octanol–water partition coefficient (Wildman–Crippen LogP) is 6.85. The van der Waals surface area contributed by atoms with Gasteiger partial charge in [0.1, 0.15) is 0 Å². The number of fused-ring (bicyclic) bond motifs is 1. The Labute approximate surface area is 210 Å². The molecule has 36 heavy (non-hydrogen) atoms. The summed E-state index contributed by atoms with van der Waals surface area (Å²) in [6.45, 7) is 0. The minimum Gasteiger partial charge on any atom is -0.465 e. The molecule has 0 heterocycles. The summed E-state index contributed by atoms with van der Waals surface area (Å²) in [7, 11) is -2.72. The first-order valence-corrected chi connectivity index (χ1v) is 12.4. The monoisotopic (exact) mass is 533 g/mol. The molecule has 186 valence electrons. The Morgan fingerprint density at radius 2 is 1.58 bits per heavy atom. The van der Waals surface area contributed by atoms with E-state index in [-0.39, 0.29) is 21.2 Å². The van der Waals surface area contributed by atoms with E-state index in [1.807, 2.05) is 12.1 Å². The van der Waals surface area contributed by atoms with E-state index >= 15 is 0 Å². The number of sulfonamides is 1. The molecule has 0 atom stereocenters. The summed E-state index contributed by atoms with van der Waals surface area (Å²) in [6, 6.07) is 19.9. The summed E-state index contributed by atoms with van der Waals surface area (Å²) in [5, 5.41) is 1.87. The number of hydrogen-bond donors (Lipinski definition) is 1. The van der Waals surface area contributed by atoms with Crippen molar-refractivity contribution in [2.24, 2.45) is 0 Å². The molecule has 0 saturated heterocycles. The maximum absolute atomic E-state index is 12.8. The van der Waals surface area contributed by atoms with Crippen LogP contribution in [0.1, 0.15) is 15.9 Å². The average Bonchev–Trinajstić information content (AvgIpc) is 2.83. The second kappa shape index (κ2) is 9.83. The van der Waals surface area contributed by atoms with Gasteiger partial charge in [0, 0.05) is 16.3 Å². The van der Waals surface area contributed by atoms with Crippen molar-refractivity contribution in [1.82, 2.24) is 0 Å². The zero-order chi connectivity index (χ0) is 26.1. The molecular formula is C26H19ClF3NO4S. The molecule has 0 aliphatic carbocycles. The van der Waals surface area contributed by atoms with Gasteiger partial charge in [0.15, 0.2) is 0 Å². The van der Waals surface area contributed by atoms with Gasteiger partial charge in [-0.2, -0.15) is 13.2 Å². The Balaban J connectivity index is 1.56. The highest BCUT2D eigenvalue weighted by molar-refractivity contribution is 7.92. The van der Waals surface area contributed by atoms with Gasteiger partial charge in [-0.1, -0.05) is 48.0 Å².